The SMILES string of the molecule is O=S(=O)(Nc1ccccc1-c1ccc2c(c1)OCC(Cc1cnc(-c3ccccc3)s1)C2O)C(F)(F)F. The van der Waals surface area contributed by atoms with Crippen LogP contribution in [0.3, 0.4) is 0 Å². The Morgan fingerprint density at radius 2 is 1.76 bits per heavy atom. The Kier molecular flexibility index (Phi) is 6.69. The third kappa shape index (κ3) is 5.20. The summed E-state index contributed by atoms with van der Waals surface area (Å²) >= 11 is 1.56. The number of halogens is 3. The number of ether oxygens (including phenoxy) is 1. The molecule has 1 aromatic heterocycles. The maximum atomic E-state index is 12.9. The Balaban J connectivity index is 1.36. The topological polar surface area (TPSA) is 88.5 Å². The smallest absolute Gasteiger partial charge is 0.493 e. The first-order valence-electron chi connectivity index (χ1n) is 11.3. The molecule has 0 aliphatic carbocycles. The van der Waals surface area contributed by atoms with Gasteiger partial charge in [0.15, 0.2) is 0 Å². The Labute approximate surface area is 215 Å². The molecule has 2 atom stereocenters. The molecule has 37 heavy (non-hydrogen) atoms. The minimum absolute atomic E-state index is 0.214. The monoisotopic (exact) mass is 546 g/mol. The quantitative estimate of drug-likeness (QED) is 0.309. The highest BCUT2D eigenvalue weighted by molar-refractivity contribution is 7.93. The van der Waals surface area contributed by atoms with Crippen LogP contribution in [0.15, 0.2) is 79.0 Å². The lowest BCUT2D eigenvalue weighted by Crippen LogP contribution is -2.30. The van der Waals surface area contributed by atoms with Crippen LogP contribution >= 0.6 is 11.3 Å². The number of nitrogens with zero attached hydrogens (tertiary/aromatic N) is 1. The fraction of sp³-hybridized carbons (Fsp3) is 0.192. The molecule has 0 spiro atoms. The van der Waals surface area contributed by atoms with E-state index in [1.807, 2.05) is 30.3 Å². The number of rotatable bonds is 6. The zero-order valence-corrected chi connectivity index (χ0v) is 20.8. The van der Waals surface area contributed by atoms with E-state index in [0.29, 0.717) is 23.3 Å². The molecule has 2 N–H and O–H groups in total. The second kappa shape index (κ2) is 9.81. The molecule has 4 aromatic rings. The van der Waals surface area contributed by atoms with Crippen LogP contribution in [0.5, 0.6) is 5.75 Å². The molecule has 3 aromatic carbocycles. The van der Waals surface area contributed by atoms with Crippen molar-refractivity contribution in [3.05, 3.63) is 89.4 Å². The summed E-state index contributed by atoms with van der Waals surface area (Å²) < 4.78 is 69.6. The average molecular weight is 547 g/mol. The Morgan fingerprint density at radius 3 is 2.51 bits per heavy atom. The molecular weight excluding hydrogens is 525 g/mol. The Bertz CT molecular complexity index is 1520. The second-order valence-corrected chi connectivity index (χ2v) is 11.4. The summed E-state index contributed by atoms with van der Waals surface area (Å²) in [6.45, 7) is 0.235. The predicted octanol–water partition coefficient (Wildman–Crippen LogP) is 6.02. The van der Waals surface area contributed by atoms with E-state index in [1.54, 1.807) is 46.5 Å². The van der Waals surface area contributed by atoms with E-state index in [9.17, 15) is 26.7 Å². The summed E-state index contributed by atoms with van der Waals surface area (Å²) in [4.78, 5) is 5.50. The van der Waals surface area contributed by atoms with Gasteiger partial charge in [0.25, 0.3) is 0 Å². The van der Waals surface area contributed by atoms with E-state index >= 15 is 0 Å². The van der Waals surface area contributed by atoms with Crippen LogP contribution in [0.1, 0.15) is 16.5 Å². The van der Waals surface area contributed by atoms with E-state index in [2.05, 4.69) is 4.98 Å². The molecule has 0 fully saturated rings. The summed E-state index contributed by atoms with van der Waals surface area (Å²) in [6, 6.07) is 20.5. The normalized spacial score (nSPS) is 17.6. The lowest BCUT2D eigenvalue weighted by molar-refractivity contribution is -0.0429. The zero-order valence-electron chi connectivity index (χ0n) is 19.1. The minimum Gasteiger partial charge on any atom is -0.493 e. The summed E-state index contributed by atoms with van der Waals surface area (Å²) in [5.41, 5.74) is -3.39. The number of benzene rings is 3. The van der Waals surface area contributed by atoms with Gasteiger partial charge in [-0.25, -0.2) is 4.98 Å². The van der Waals surface area contributed by atoms with Crippen LogP contribution in [0.4, 0.5) is 18.9 Å². The number of hydrogen-bond acceptors (Lipinski definition) is 6. The number of aromatic nitrogens is 1. The first kappa shape index (κ1) is 25.2. The van der Waals surface area contributed by atoms with Gasteiger partial charge in [0.05, 0.1) is 18.4 Å². The van der Waals surface area contributed by atoms with Gasteiger partial charge in [-0.2, -0.15) is 21.6 Å². The summed E-state index contributed by atoms with van der Waals surface area (Å²) in [7, 11) is -5.59. The molecule has 5 rings (SSSR count). The molecule has 6 nitrogen and oxygen atoms in total. The predicted molar refractivity (Wildman–Crippen MR) is 136 cm³/mol. The lowest BCUT2D eigenvalue weighted by atomic mass is 9.89. The van der Waals surface area contributed by atoms with E-state index in [-0.39, 0.29) is 23.8 Å². The number of anilines is 1. The third-order valence-corrected chi connectivity index (χ3v) is 8.22. The van der Waals surface area contributed by atoms with Gasteiger partial charge in [-0.1, -0.05) is 60.7 Å². The van der Waals surface area contributed by atoms with Crippen LogP contribution in [-0.4, -0.2) is 30.6 Å². The van der Waals surface area contributed by atoms with Crippen molar-refractivity contribution in [2.45, 2.75) is 18.0 Å². The third-order valence-electron chi connectivity index (χ3n) is 6.06. The molecule has 192 valence electrons. The fourth-order valence-corrected chi connectivity index (χ4v) is 5.78. The molecule has 1 aliphatic heterocycles. The number of fused-ring (bicyclic) bond motifs is 1. The fourth-order valence-electron chi connectivity index (χ4n) is 4.18. The van der Waals surface area contributed by atoms with Gasteiger partial charge >= 0.3 is 15.5 Å². The number of aliphatic hydroxyl groups excluding tert-OH is 1. The number of nitrogens with one attached hydrogen (secondary N) is 1. The molecule has 11 heteroatoms. The van der Waals surface area contributed by atoms with Crippen molar-refractivity contribution >= 4 is 27.0 Å². The largest absolute Gasteiger partial charge is 0.516 e. The second-order valence-electron chi connectivity index (χ2n) is 8.57. The van der Waals surface area contributed by atoms with Crippen LogP contribution in [0.2, 0.25) is 0 Å². The molecule has 0 radical (unpaired) electrons. The number of hydrogen-bond donors (Lipinski definition) is 2. The standard InChI is InChI=1S/C26H21F3N2O4S2/c27-26(28,29)37(33,34)31-22-9-5-4-8-20(22)17-10-11-21-23(13-17)35-15-18(24(21)32)12-19-14-30-25(36-19)16-6-2-1-3-7-16/h1-11,13-14,18,24,31-32H,12,15H2. The van der Waals surface area contributed by atoms with Gasteiger partial charge in [-0.05, 0) is 24.1 Å². The number of alkyl halides is 3. The van der Waals surface area contributed by atoms with Gasteiger partial charge in [0.2, 0.25) is 0 Å². The van der Waals surface area contributed by atoms with Gasteiger partial charge in [0, 0.05) is 33.7 Å². The van der Waals surface area contributed by atoms with Crippen molar-refractivity contribution < 1.29 is 31.4 Å². The molecule has 2 heterocycles. The number of para-hydroxylation sites is 1. The van der Waals surface area contributed by atoms with Gasteiger partial charge in [0.1, 0.15) is 10.8 Å². The van der Waals surface area contributed by atoms with Crippen molar-refractivity contribution in [1.29, 1.82) is 0 Å². The number of thiazole rings is 1. The number of sulfonamides is 1. The van der Waals surface area contributed by atoms with E-state index in [0.717, 1.165) is 15.4 Å². The molecule has 0 saturated carbocycles. The van der Waals surface area contributed by atoms with Crippen LogP contribution < -0.4 is 9.46 Å². The van der Waals surface area contributed by atoms with Gasteiger partial charge in [-0.15, -0.1) is 11.3 Å². The van der Waals surface area contributed by atoms with E-state index in [1.165, 1.54) is 18.2 Å². The minimum atomic E-state index is -5.59. The Hall–Kier alpha value is -3.41. The Morgan fingerprint density at radius 1 is 1.03 bits per heavy atom. The highest BCUT2D eigenvalue weighted by Gasteiger charge is 2.46. The summed E-state index contributed by atoms with van der Waals surface area (Å²) in [5.74, 6) is 0.178. The van der Waals surface area contributed by atoms with Crippen LogP contribution in [-0.2, 0) is 16.4 Å². The van der Waals surface area contributed by atoms with E-state index < -0.39 is 21.6 Å². The first-order valence-corrected chi connectivity index (χ1v) is 13.6. The molecular formula is C26H21F3N2O4S2. The lowest BCUT2D eigenvalue weighted by Gasteiger charge is -2.30. The number of aliphatic hydroxyl groups is 1. The molecule has 1 aliphatic rings. The van der Waals surface area contributed by atoms with Crippen molar-refractivity contribution in [2.75, 3.05) is 11.3 Å². The zero-order chi connectivity index (χ0) is 26.2. The molecule has 2 unspecified atom stereocenters. The molecule has 0 bridgehead atoms. The average Bonchev–Trinajstić information content (AvgIpc) is 3.34. The van der Waals surface area contributed by atoms with Gasteiger partial charge in [-0.3, -0.25) is 4.72 Å². The summed E-state index contributed by atoms with van der Waals surface area (Å²) in [5, 5.41) is 11.9. The van der Waals surface area contributed by atoms with Crippen molar-refractivity contribution in [2.24, 2.45) is 5.92 Å². The van der Waals surface area contributed by atoms with E-state index in [4.69, 9.17) is 4.74 Å². The van der Waals surface area contributed by atoms with Crippen molar-refractivity contribution in [3.63, 3.8) is 0 Å². The maximum Gasteiger partial charge on any atom is 0.516 e. The summed E-state index contributed by atoms with van der Waals surface area (Å²) in [6.07, 6.45) is 1.55. The highest BCUT2D eigenvalue weighted by Crippen LogP contribution is 2.41. The first-order chi connectivity index (χ1) is 17.6. The molecule has 0 saturated heterocycles. The van der Waals surface area contributed by atoms with Crippen LogP contribution in [0, 0.1) is 5.92 Å². The van der Waals surface area contributed by atoms with Crippen molar-refractivity contribution in [1.82, 2.24) is 4.98 Å². The van der Waals surface area contributed by atoms with Gasteiger partial charge < -0.3 is 9.84 Å². The maximum absolute atomic E-state index is 12.9. The van der Waals surface area contributed by atoms with Crippen LogP contribution in [0.25, 0.3) is 21.7 Å². The highest BCUT2D eigenvalue weighted by atomic mass is 32.2. The van der Waals surface area contributed by atoms with Crippen molar-refractivity contribution in [3.8, 4) is 27.4 Å². The molecule has 0 amide bonds.